The topological polar surface area (TPSA) is 20.3 Å². The van der Waals surface area contributed by atoms with Gasteiger partial charge in [-0.3, -0.25) is 4.79 Å². The van der Waals surface area contributed by atoms with Gasteiger partial charge in [0.15, 0.2) is 0 Å². The van der Waals surface area contributed by atoms with Gasteiger partial charge in [0.25, 0.3) is 0 Å². The fourth-order valence-corrected chi connectivity index (χ4v) is 2.31. The molecule has 2 heteroatoms. The number of para-hydroxylation sites is 1. The molecule has 0 aromatic heterocycles. The second-order valence-corrected chi connectivity index (χ2v) is 4.21. The van der Waals surface area contributed by atoms with Gasteiger partial charge in [0.1, 0.15) is 0 Å². The minimum atomic E-state index is -0.424. The van der Waals surface area contributed by atoms with Gasteiger partial charge in [-0.05, 0) is 25.0 Å². The molecule has 1 aliphatic heterocycles. The van der Waals surface area contributed by atoms with Crippen molar-refractivity contribution in [1.29, 1.82) is 0 Å². The average molecular weight is 201 g/mol. The minimum Gasteiger partial charge on any atom is -0.314 e. The van der Waals surface area contributed by atoms with Crippen LogP contribution in [0.2, 0.25) is 0 Å². The first-order chi connectivity index (χ1) is 7.11. The highest BCUT2D eigenvalue weighted by molar-refractivity contribution is 6.07. The summed E-state index contributed by atoms with van der Waals surface area (Å²) in [6, 6.07) is 7.96. The molecule has 1 aliphatic rings. The number of hydrogen-bond acceptors (Lipinski definition) is 1. The summed E-state index contributed by atoms with van der Waals surface area (Å²) < 4.78 is 0. The van der Waals surface area contributed by atoms with Gasteiger partial charge in [0.2, 0.25) is 5.91 Å². The number of anilines is 1. The summed E-state index contributed by atoms with van der Waals surface area (Å²) in [5.41, 5.74) is 1.71. The van der Waals surface area contributed by atoms with Gasteiger partial charge in [-0.1, -0.05) is 24.3 Å². The molecule has 78 valence electrons. The first-order valence-electron chi connectivity index (χ1n) is 5.10. The first kappa shape index (κ1) is 9.97. The van der Waals surface area contributed by atoms with E-state index >= 15 is 0 Å². The highest BCUT2D eigenvalue weighted by atomic mass is 16.2. The van der Waals surface area contributed by atoms with Crippen LogP contribution in [0.3, 0.4) is 0 Å². The van der Waals surface area contributed by atoms with Crippen LogP contribution in [0, 0.1) is 0 Å². The lowest BCUT2D eigenvalue weighted by atomic mass is 9.81. The Morgan fingerprint density at radius 2 is 2.13 bits per heavy atom. The van der Waals surface area contributed by atoms with Crippen LogP contribution in [0.5, 0.6) is 0 Å². The van der Waals surface area contributed by atoms with Crippen molar-refractivity contribution in [2.45, 2.75) is 18.8 Å². The maximum absolute atomic E-state index is 12.2. The molecule has 1 unspecified atom stereocenters. The predicted octanol–water partition coefficient (Wildman–Crippen LogP) is 2.50. The van der Waals surface area contributed by atoms with Crippen molar-refractivity contribution < 1.29 is 4.79 Å². The molecule has 0 saturated carbocycles. The Bertz CT molecular complexity index is 424. The Morgan fingerprint density at radius 1 is 1.47 bits per heavy atom. The Balaban J connectivity index is 2.60. The van der Waals surface area contributed by atoms with Crippen LogP contribution in [0.25, 0.3) is 0 Å². The zero-order chi connectivity index (χ0) is 11.1. The Morgan fingerprint density at radius 3 is 2.80 bits per heavy atom. The molecule has 2 rings (SSSR count). The number of carbonyl (C=O) groups is 1. The molecule has 0 fully saturated rings. The zero-order valence-electron chi connectivity index (χ0n) is 9.16. The van der Waals surface area contributed by atoms with E-state index in [0.29, 0.717) is 6.42 Å². The van der Waals surface area contributed by atoms with Gasteiger partial charge in [-0.25, -0.2) is 0 Å². The van der Waals surface area contributed by atoms with Crippen LogP contribution in [0.15, 0.2) is 36.9 Å². The molecule has 1 aromatic carbocycles. The van der Waals surface area contributed by atoms with Crippen LogP contribution in [0.1, 0.15) is 18.9 Å². The third-order valence-corrected chi connectivity index (χ3v) is 3.19. The number of fused-ring (bicyclic) bond motifs is 1. The number of allylic oxidation sites excluding steroid dienone is 1. The van der Waals surface area contributed by atoms with Gasteiger partial charge < -0.3 is 4.90 Å². The fourth-order valence-electron chi connectivity index (χ4n) is 2.31. The molecule has 1 aromatic rings. The van der Waals surface area contributed by atoms with Crippen LogP contribution in [-0.2, 0) is 10.2 Å². The smallest absolute Gasteiger partial charge is 0.237 e. The highest BCUT2D eigenvalue weighted by Gasteiger charge is 2.44. The van der Waals surface area contributed by atoms with Gasteiger partial charge >= 0.3 is 0 Å². The predicted molar refractivity (Wildman–Crippen MR) is 62.0 cm³/mol. The number of hydrogen-bond donors (Lipinski definition) is 0. The second-order valence-electron chi connectivity index (χ2n) is 4.21. The summed E-state index contributed by atoms with van der Waals surface area (Å²) in [5, 5.41) is 0. The number of likely N-dealkylation sites (N-methyl/N-ethyl adjacent to an activating group) is 1. The zero-order valence-corrected chi connectivity index (χ0v) is 9.16. The van der Waals surface area contributed by atoms with E-state index in [1.807, 2.05) is 44.3 Å². The maximum atomic E-state index is 12.2. The van der Waals surface area contributed by atoms with Crippen molar-refractivity contribution in [2.75, 3.05) is 11.9 Å². The van der Waals surface area contributed by atoms with Crippen LogP contribution in [0.4, 0.5) is 5.69 Å². The van der Waals surface area contributed by atoms with E-state index in [-0.39, 0.29) is 5.91 Å². The first-order valence-corrected chi connectivity index (χ1v) is 5.10. The molecule has 0 spiro atoms. The Hall–Kier alpha value is -1.57. The molecule has 1 atom stereocenters. The lowest BCUT2D eigenvalue weighted by Crippen LogP contribution is -2.35. The van der Waals surface area contributed by atoms with Crippen molar-refractivity contribution >= 4 is 11.6 Å². The molecule has 2 nitrogen and oxygen atoms in total. The van der Waals surface area contributed by atoms with Gasteiger partial charge in [0.05, 0.1) is 5.41 Å². The number of nitrogens with zero attached hydrogens (tertiary/aromatic N) is 1. The Kier molecular flexibility index (Phi) is 2.14. The largest absolute Gasteiger partial charge is 0.314 e. The van der Waals surface area contributed by atoms with Crippen molar-refractivity contribution in [3.8, 4) is 0 Å². The summed E-state index contributed by atoms with van der Waals surface area (Å²) >= 11 is 0. The summed E-state index contributed by atoms with van der Waals surface area (Å²) in [6.07, 6.45) is 2.50. The van der Waals surface area contributed by atoms with Gasteiger partial charge in [-0.2, -0.15) is 0 Å². The van der Waals surface area contributed by atoms with E-state index in [1.165, 1.54) is 0 Å². The fraction of sp³-hybridized carbons (Fsp3) is 0.308. The van der Waals surface area contributed by atoms with Gasteiger partial charge in [-0.15, -0.1) is 6.58 Å². The van der Waals surface area contributed by atoms with Crippen molar-refractivity contribution in [1.82, 2.24) is 0 Å². The van der Waals surface area contributed by atoms with Crippen molar-refractivity contribution in [2.24, 2.45) is 0 Å². The molecule has 1 amide bonds. The summed E-state index contributed by atoms with van der Waals surface area (Å²) in [5.74, 6) is 0.156. The highest BCUT2D eigenvalue weighted by Crippen LogP contribution is 2.42. The molecule has 0 aliphatic carbocycles. The lowest BCUT2D eigenvalue weighted by Gasteiger charge is -2.21. The molecular formula is C13H15NO. The average Bonchev–Trinajstić information content (AvgIpc) is 2.43. The number of rotatable bonds is 2. The monoisotopic (exact) mass is 201 g/mol. The van der Waals surface area contributed by atoms with Crippen LogP contribution >= 0.6 is 0 Å². The second kappa shape index (κ2) is 3.23. The third-order valence-electron chi connectivity index (χ3n) is 3.19. The molecule has 0 N–H and O–H groups in total. The van der Waals surface area contributed by atoms with Crippen LogP contribution in [-0.4, -0.2) is 13.0 Å². The standard InChI is InChI=1S/C13H15NO/c1-4-9-13(2)10-7-5-6-8-11(10)14(3)12(13)15/h4-8H,1,9H2,2-3H3. The maximum Gasteiger partial charge on any atom is 0.237 e. The van der Waals surface area contributed by atoms with Crippen molar-refractivity contribution in [3.05, 3.63) is 42.5 Å². The minimum absolute atomic E-state index is 0.156. The summed E-state index contributed by atoms with van der Waals surface area (Å²) in [6.45, 7) is 5.72. The van der Waals surface area contributed by atoms with Crippen molar-refractivity contribution in [3.63, 3.8) is 0 Å². The molecule has 0 bridgehead atoms. The lowest BCUT2D eigenvalue weighted by molar-refractivity contribution is -0.122. The Labute approximate surface area is 90.2 Å². The SMILES string of the molecule is C=CCC1(C)C(=O)N(C)c2ccccc21. The summed E-state index contributed by atoms with van der Waals surface area (Å²) in [4.78, 5) is 13.9. The van der Waals surface area contributed by atoms with E-state index in [9.17, 15) is 4.79 Å². The quantitative estimate of drug-likeness (QED) is 0.673. The molecule has 0 radical (unpaired) electrons. The summed E-state index contributed by atoms with van der Waals surface area (Å²) in [7, 11) is 1.83. The number of carbonyl (C=O) groups excluding carboxylic acids is 1. The van der Waals surface area contributed by atoms with E-state index < -0.39 is 5.41 Å². The van der Waals surface area contributed by atoms with E-state index in [0.717, 1.165) is 11.3 Å². The molecule has 1 heterocycles. The number of benzene rings is 1. The third kappa shape index (κ3) is 1.21. The van der Waals surface area contributed by atoms with E-state index in [4.69, 9.17) is 0 Å². The van der Waals surface area contributed by atoms with Crippen LogP contribution < -0.4 is 4.90 Å². The van der Waals surface area contributed by atoms with E-state index in [2.05, 4.69) is 6.58 Å². The molecular weight excluding hydrogens is 186 g/mol. The van der Waals surface area contributed by atoms with Gasteiger partial charge in [0, 0.05) is 12.7 Å². The molecule has 0 saturated heterocycles. The normalized spacial score (nSPS) is 24.1. The van der Waals surface area contributed by atoms with E-state index in [1.54, 1.807) is 4.90 Å². The number of amides is 1. The molecule has 15 heavy (non-hydrogen) atoms.